The van der Waals surface area contributed by atoms with Crippen LogP contribution in [0.4, 0.5) is 5.69 Å². The van der Waals surface area contributed by atoms with Gasteiger partial charge in [-0.25, -0.2) is 0 Å². The molecule has 0 radical (unpaired) electrons. The average molecular weight is 364 g/mol. The van der Waals surface area contributed by atoms with Crippen LogP contribution in [0.15, 0.2) is 58.5 Å². The number of ether oxygens (including phenoxy) is 1. The Morgan fingerprint density at radius 3 is 2.69 bits per heavy atom. The van der Waals surface area contributed by atoms with Gasteiger partial charge in [-0.15, -0.1) is 0 Å². The van der Waals surface area contributed by atoms with Gasteiger partial charge in [-0.1, -0.05) is 17.8 Å². The zero-order chi connectivity index (χ0) is 18.3. The molecule has 0 spiro atoms. The largest absolute Gasteiger partial charge is 0.497 e. The Kier molecular flexibility index (Phi) is 4.37. The first-order valence-electron chi connectivity index (χ1n) is 8.85. The molecule has 0 bridgehead atoms. The first kappa shape index (κ1) is 17.0. The molecule has 26 heavy (non-hydrogen) atoms. The van der Waals surface area contributed by atoms with Crippen LogP contribution in [-0.2, 0) is 6.54 Å². The number of nitrogens with zero attached hydrogens (tertiary/aromatic N) is 2. The first-order chi connectivity index (χ1) is 12.6. The van der Waals surface area contributed by atoms with Crippen LogP contribution in [0.3, 0.4) is 0 Å². The summed E-state index contributed by atoms with van der Waals surface area (Å²) in [6.07, 6.45) is 2.28. The molecule has 3 nitrogen and oxygen atoms in total. The fourth-order valence-corrected chi connectivity index (χ4v) is 4.57. The summed E-state index contributed by atoms with van der Waals surface area (Å²) in [6, 6.07) is 17.3. The third-order valence-corrected chi connectivity index (χ3v) is 6.03. The fraction of sp³-hybridized carbons (Fsp3) is 0.227. The van der Waals surface area contributed by atoms with E-state index in [4.69, 9.17) is 4.74 Å². The molecule has 2 aromatic carbocycles. The van der Waals surface area contributed by atoms with Gasteiger partial charge in [0.15, 0.2) is 0 Å². The van der Waals surface area contributed by atoms with Crippen LogP contribution in [-0.4, -0.2) is 14.2 Å². The predicted octanol–water partition coefficient (Wildman–Crippen LogP) is 5.00. The van der Waals surface area contributed by atoms with Crippen molar-refractivity contribution in [2.24, 2.45) is 0 Å². The summed E-state index contributed by atoms with van der Waals surface area (Å²) < 4.78 is 7.75. The number of benzene rings is 2. The molecule has 1 aliphatic heterocycles. The Balaban J connectivity index is 1.79. The standard InChI is InChI=1S/C22H23N2OS/c1-5-24-17(9-8-16-7-6-15(2)12-20(16)24)13-22-23(3)19-11-10-18(25-4)14-21(19)26-22/h6-14H,5H2,1-4H3/q+1. The second-order valence-electron chi connectivity index (χ2n) is 6.54. The van der Waals surface area contributed by atoms with Crippen LogP contribution in [0.2, 0.25) is 0 Å². The molecule has 4 heteroatoms. The minimum Gasteiger partial charge on any atom is -0.497 e. The number of anilines is 1. The van der Waals surface area contributed by atoms with Crippen molar-refractivity contribution >= 4 is 34.4 Å². The molecular formula is C22H23N2OS+. The molecule has 0 saturated heterocycles. The van der Waals surface area contributed by atoms with E-state index < -0.39 is 0 Å². The van der Waals surface area contributed by atoms with Crippen molar-refractivity contribution in [1.82, 2.24) is 0 Å². The third-order valence-electron chi connectivity index (χ3n) is 4.88. The lowest BCUT2D eigenvalue weighted by atomic mass is 10.1. The molecule has 4 rings (SSSR count). The maximum atomic E-state index is 5.37. The molecule has 0 aliphatic carbocycles. The number of thioether (sulfide) groups is 1. The maximum Gasteiger partial charge on any atom is 0.213 e. The highest BCUT2D eigenvalue weighted by atomic mass is 32.2. The number of aryl methyl sites for hydroxylation is 2. The topological polar surface area (TPSA) is 16.4 Å². The fourth-order valence-electron chi connectivity index (χ4n) is 3.44. The van der Waals surface area contributed by atoms with Gasteiger partial charge in [0.05, 0.1) is 17.8 Å². The van der Waals surface area contributed by atoms with Gasteiger partial charge in [-0.3, -0.25) is 0 Å². The van der Waals surface area contributed by atoms with Crippen molar-refractivity contribution in [3.05, 3.63) is 64.8 Å². The monoisotopic (exact) mass is 363 g/mol. The second kappa shape index (κ2) is 6.69. The van der Waals surface area contributed by atoms with E-state index >= 15 is 0 Å². The van der Waals surface area contributed by atoms with E-state index in [1.165, 1.54) is 37.8 Å². The summed E-state index contributed by atoms with van der Waals surface area (Å²) in [4.78, 5) is 3.48. The maximum absolute atomic E-state index is 5.37. The predicted molar refractivity (Wildman–Crippen MR) is 110 cm³/mol. The van der Waals surface area contributed by atoms with Gasteiger partial charge in [0.2, 0.25) is 11.2 Å². The molecule has 0 fully saturated rings. The van der Waals surface area contributed by atoms with Crippen LogP contribution in [0.25, 0.3) is 17.0 Å². The molecule has 0 N–H and O–H groups in total. The lowest BCUT2D eigenvalue weighted by molar-refractivity contribution is -0.669. The SMILES string of the molecule is CC[n+]1c(/C=C2\Sc3cc(OC)ccc3N2C)ccc2ccc(C)cc21. The molecule has 1 aromatic heterocycles. The molecule has 1 aliphatic rings. The van der Waals surface area contributed by atoms with Gasteiger partial charge < -0.3 is 9.64 Å². The summed E-state index contributed by atoms with van der Waals surface area (Å²) in [5.74, 6) is 0.899. The highest BCUT2D eigenvalue weighted by Crippen LogP contribution is 2.46. The van der Waals surface area contributed by atoms with E-state index in [1.54, 1.807) is 18.9 Å². The van der Waals surface area contributed by atoms with E-state index in [-0.39, 0.29) is 0 Å². The van der Waals surface area contributed by atoms with E-state index in [9.17, 15) is 0 Å². The number of methoxy groups -OCH3 is 1. The second-order valence-corrected chi connectivity index (χ2v) is 7.60. The number of fused-ring (bicyclic) bond motifs is 2. The van der Waals surface area contributed by atoms with Gasteiger partial charge in [-0.2, -0.15) is 4.57 Å². The Labute approximate surface area is 158 Å². The van der Waals surface area contributed by atoms with E-state index in [0.717, 1.165) is 12.3 Å². The smallest absolute Gasteiger partial charge is 0.213 e. The molecule has 3 aromatic rings. The number of hydrogen-bond acceptors (Lipinski definition) is 3. The Bertz CT molecular complexity index is 1030. The van der Waals surface area contributed by atoms with Crippen LogP contribution >= 0.6 is 11.8 Å². The Morgan fingerprint density at radius 1 is 1.12 bits per heavy atom. The molecule has 132 valence electrons. The Morgan fingerprint density at radius 2 is 1.92 bits per heavy atom. The molecular weight excluding hydrogens is 340 g/mol. The lowest BCUT2D eigenvalue weighted by Crippen LogP contribution is -2.37. The van der Waals surface area contributed by atoms with Crippen LogP contribution < -0.4 is 14.2 Å². The van der Waals surface area contributed by atoms with Gasteiger partial charge in [0, 0.05) is 35.5 Å². The van der Waals surface area contributed by atoms with Crippen LogP contribution in [0, 0.1) is 6.92 Å². The van der Waals surface area contributed by atoms with Crippen LogP contribution in [0.1, 0.15) is 18.2 Å². The summed E-state index contributed by atoms with van der Waals surface area (Å²) in [5.41, 5.74) is 5.02. The zero-order valence-electron chi connectivity index (χ0n) is 15.6. The minimum absolute atomic E-state index is 0.899. The number of pyridine rings is 1. The molecule has 0 unspecified atom stereocenters. The summed E-state index contributed by atoms with van der Waals surface area (Å²) in [5, 5.41) is 2.50. The molecule has 2 heterocycles. The van der Waals surface area contributed by atoms with E-state index in [2.05, 4.69) is 78.9 Å². The zero-order valence-corrected chi connectivity index (χ0v) is 16.4. The molecule has 0 atom stereocenters. The van der Waals surface area contributed by atoms with Gasteiger partial charge in [-0.05, 0) is 49.7 Å². The van der Waals surface area contributed by atoms with Gasteiger partial charge in [0.1, 0.15) is 12.3 Å². The average Bonchev–Trinajstić information content (AvgIpc) is 2.96. The van der Waals surface area contributed by atoms with Crippen molar-refractivity contribution in [3.8, 4) is 5.75 Å². The summed E-state index contributed by atoms with van der Waals surface area (Å²) >= 11 is 1.79. The number of hydrogen-bond donors (Lipinski definition) is 0. The van der Waals surface area contributed by atoms with Gasteiger partial charge >= 0.3 is 0 Å². The summed E-state index contributed by atoms with van der Waals surface area (Å²) in [6.45, 7) is 5.29. The normalized spacial score (nSPS) is 14.9. The van der Waals surface area contributed by atoms with E-state index in [1.807, 2.05) is 6.07 Å². The molecule has 0 saturated carbocycles. The highest BCUT2D eigenvalue weighted by Gasteiger charge is 2.24. The number of aromatic nitrogens is 1. The van der Waals surface area contributed by atoms with Crippen molar-refractivity contribution in [3.63, 3.8) is 0 Å². The van der Waals surface area contributed by atoms with Crippen LogP contribution in [0.5, 0.6) is 5.75 Å². The van der Waals surface area contributed by atoms with Gasteiger partial charge in [0.25, 0.3) is 0 Å². The molecule has 0 amide bonds. The Hall–Kier alpha value is -2.46. The third kappa shape index (κ3) is 2.84. The van der Waals surface area contributed by atoms with Crippen molar-refractivity contribution in [2.75, 3.05) is 19.1 Å². The lowest BCUT2D eigenvalue weighted by Gasteiger charge is -2.13. The van der Waals surface area contributed by atoms with Crippen molar-refractivity contribution in [2.45, 2.75) is 25.3 Å². The van der Waals surface area contributed by atoms with Crippen molar-refractivity contribution < 1.29 is 9.30 Å². The highest BCUT2D eigenvalue weighted by molar-refractivity contribution is 8.03. The number of rotatable bonds is 3. The summed E-state index contributed by atoms with van der Waals surface area (Å²) in [7, 11) is 3.83. The first-order valence-corrected chi connectivity index (χ1v) is 9.67. The minimum atomic E-state index is 0.899. The van der Waals surface area contributed by atoms with E-state index in [0.29, 0.717) is 0 Å². The van der Waals surface area contributed by atoms with Crippen molar-refractivity contribution in [1.29, 1.82) is 0 Å². The quantitative estimate of drug-likeness (QED) is 0.609.